The minimum Gasteiger partial charge on any atom is -0.272 e. The molecule has 25 heavy (non-hydrogen) atoms. The van der Waals surface area contributed by atoms with E-state index in [0.717, 1.165) is 21.5 Å². The van der Waals surface area contributed by atoms with Crippen LogP contribution in [-0.2, 0) is 4.79 Å². The Kier molecular flexibility index (Phi) is 5.30. The highest BCUT2D eigenvalue weighted by Crippen LogP contribution is 2.19. The molecule has 3 aromatic rings. The number of aryl methyl sites for hydroxylation is 1. The average molecular weight is 351 g/mol. The first-order chi connectivity index (χ1) is 12.1. The van der Waals surface area contributed by atoms with E-state index in [4.69, 9.17) is 0 Å². The fourth-order valence-corrected chi connectivity index (χ4v) is 3.00. The van der Waals surface area contributed by atoms with Crippen LogP contribution in [-0.4, -0.2) is 22.6 Å². The summed E-state index contributed by atoms with van der Waals surface area (Å²) in [7, 11) is 0. The van der Waals surface area contributed by atoms with Gasteiger partial charge in [-0.3, -0.25) is 20.4 Å². The summed E-state index contributed by atoms with van der Waals surface area (Å²) in [5.41, 5.74) is 7.14. The zero-order valence-corrected chi connectivity index (χ0v) is 14.5. The number of hydrogen-bond donors (Lipinski definition) is 2. The number of fused-ring (bicyclic) bond motifs is 1. The minimum absolute atomic E-state index is 0.166. The maximum atomic E-state index is 12.0. The van der Waals surface area contributed by atoms with Crippen molar-refractivity contribution >= 4 is 34.5 Å². The monoisotopic (exact) mass is 351 g/mol. The normalized spacial score (nSPS) is 10.4. The number of amides is 2. The van der Waals surface area contributed by atoms with Gasteiger partial charge in [-0.1, -0.05) is 54.2 Å². The molecule has 0 atom stereocenters. The van der Waals surface area contributed by atoms with Crippen LogP contribution in [0.3, 0.4) is 0 Å². The Morgan fingerprint density at radius 1 is 0.960 bits per heavy atom. The molecule has 2 amide bonds. The molecule has 1 heterocycles. The maximum Gasteiger partial charge on any atom is 0.269 e. The predicted molar refractivity (Wildman–Crippen MR) is 99.3 cm³/mol. The second-order valence-electron chi connectivity index (χ2n) is 5.45. The fraction of sp³-hybridized carbons (Fsp3) is 0.105. The van der Waals surface area contributed by atoms with Crippen LogP contribution in [0.4, 0.5) is 0 Å². The summed E-state index contributed by atoms with van der Waals surface area (Å²) in [5.74, 6) is -0.457. The number of benzene rings is 2. The van der Waals surface area contributed by atoms with Crippen LogP contribution in [0.5, 0.6) is 0 Å². The number of nitrogens with zero attached hydrogens (tertiary/aromatic N) is 1. The lowest BCUT2D eigenvalue weighted by Gasteiger charge is -2.09. The second kappa shape index (κ2) is 7.81. The van der Waals surface area contributed by atoms with Crippen LogP contribution < -0.4 is 10.9 Å². The molecule has 0 aliphatic heterocycles. The van der Waals surface area contributed by atoms with Crippen molar-refractivity contribution in [2.75, 3.05) is 5.75 Å². The molecular formula is C19H17N3O2S. The SMILES string of the molecule is Cc1ccccc1C(=O)NNC(=O)CSc1ccc2ccccc2n1. The molecule has 2 aromatic carbocycles. The Bertz CT molecular complexity index is 927. The number of carbonyl (C=O) groups is 2. The Hall–Kier alpha value is -2.86. The van der Waals surface area contributed by atoms with Crippen LogP contribution in [0, 0.1) is 6.92 Å². The molecule has 5 nitrogen and oxygen atoms in total. The van der Waals surface area contributed by atoms with Crippen molar-refractivity contribution in [3.05, 3.63) is 71.8 Å². The van der Waals surface area contributed by atoms with Gasteiger partial charge in [-0.05, 0) is 30.7 Å². The Morgan fingerprint density at radius 2 is 1.72 bits per heavy atom. The molecule has 6 heteroatoms. The molecule has 2 N–H and O–H groups in total. The largest absolute Gasteiger partial charge is 0.272 e. The van der Waals surface area contributed by atoms with E-state index in [1.54, 1.807) is 12.1 Å². The molecule has 0 radical (unpaired) electrons. The lowest BCUT2D eigenvalue weighted by Crippen LogP contribution is -2.42. The highest BCUT2D eigenvalue weighted by molar-refractivity contribution is 7.99. The smallest absolute Gasteiger partial charge is 0.269 e. The predicted octanol–water partition coefficient (Wildman–Crippen LogP) is 3.10. The summed E-state index contributed by atoms with van der Waals surface area (Å²) >= 11 is 1.32. The number of para-hydroxylation sites is 1. The van der Waals surface area contributed by atoms with E-state index in [2.05, 4.69) is 15.8 Å². The van der Waals surface area contributed by atoms with E-state index in [1.165, 1.54) is 11.8 Å². The highest BCUT2D eigenvalue weighted by atomic mass is 32.2. The number of hydrogen-bond acceptors (Lipinski definition) is 4. The third-order valence-corrected chi connectivity index (χ3v) is 4.56. The first kappa shape index (κ1) is 17.0. The average Bonchev–Trinajstić information content (AvgIpc) is 2.64. The number of hydrazine groups is 1. The van der Waals surface area contributed by atoms with E-state index >= 15 is 0 Å². The van der Waals surface area contributed by atoms with Crippen LogP contribution in [0.25, 0.3) is 10.9 Å². The van der Waals surface area contributed by atoms with Gasteiger partial charge in [-0.2, -0.15) is 0 Å². The summed E-state index contributed by atoms with van der Waals surface area (Å²) in [5, 5.41) is 1.82. The number of pyridine rings is 1. The van der Waals surface area contributed by atoms with Gasteiger partial charge in [0.05, 0.1) is 16.3 Å². The number of thioether (sulfide) groups is 1. The minimum atomic E-state index is -0.333. The van der Waals surface area contributed by atoms with Gasteiger partial charge < -0.3 is 0 Å². The Balaban J connectivity index is 1.52. The molecule has 0 aliphatic rings. The molecular weight excluding hydrogens is 334 g/mol. The molecule has 3 rings (SSSR count). The summed E-state index contributed by atoms with van der Waals surface area (Å²) in [6.07, 6.45) is 0. The van der Waals surface area contributed by atoms with Gasteiger partial charge in [0.25, 0.3) is 5.91 Å². The van der Waals surface area contributed by atoms with Crippen molar-refractivity contribution in [1.82, 2.24) is 15.8 Å². The van der Waals surface area contributed by atoms with Gasteiger partial charge in [0.15, 0.2) is 0 Å². The Morgan fingerprint density at radius 3 is 2.56 bits per heavy atom. The van der Waals surface area contributed by atoms with Crippen molar-refractivity contribution in [2.45, 2.75) is 11.9 Å². The molecule has 0 saturated carbocycles. The zero-order valence-electron chi connectivity index (χ0n) is 13.7. The number of carbonyl (C=O) groups excluding carboxylic acids is 2. The first-order valence-corrected chi connectivity index (χ1v) is 8.75. The lowest BCUT2D eigenvalue weighted by atomic mass is 10.1. The van der Waals surface area contributed by atoms with E-state index in [0.29, 0.717) is 5.56 Å². The van der Waals surface area contributed by atoms with E-state index in [1.807, 2.05) is 55.5 Å². The summed E-state index contributed by atoms with van der Waals surface area (Å²) in [6.45, 7) is 1.85. The second-order valence-corrected chi connectivity index (χ2v) is 6.44. The van der Waals surface area contributed by atoms with Crippen LogP contribution >= 0.6 is 11.8 Å². The maximum absolute atomic E-state index is 12.0. The molecule has 0 unspecified atom stereocenters. The molecule has 126 valence electrons. The third kappa shape index (κ3) is 4.36. The van der Waals surface area contributed by atoms with Crippen LogP contribution in [0.15, 0.2) is 65.7 Å². The number of nitrogens with one attached hydrogen (secondary N) is 2. The van der Waals surface area contributed by atoms with E-state index < -0.39 is 0 Å². The Labute approximate surface area is 149 Å². The topological polar surface area (TPSA) is 71.1 Å². The first-order valence-electron chi connectivity index (χ1n) is 7.77. The van der Waals surface area contributed by atoms with Gasteiger partial charge >= 0.3 is 0 Å². The molecule has 0 fully saturated rings. The van der Waals surface area contributed by atoms with Gasteiger partial charge in [0, 0.05) is 10.9 Å². The van der Waals surface area contributed by atoms with Gasteiger partial charge in [-0.15, -0.1) is 0 Å². The molecule has 0 aliphatic carbocycles. The lowest BCUT2D eigenvalue weighted by molar-refractivity contribution is -0.119. The zero-order chi connectivity index (χ0) is 17.6. The molecule has 1 aromatic heterocycles. The summed E-state index contributed by atoms with van der Waals surface area (Å²) in [4.78, 5) is 28.5. The highest BCUT2D eigenvalue weighted by Gasteiger charge is 2.10. The molecule has 0 spiro atoms. The van der Waals surface area contributed by atoms with E-state index in [-0.39, 0.29) is 17.6 Å². The van der Waals surface area contributed by atoms with Crippen molar-refractivity contribution < 1.29 is 9.59 Å². The van der Waals surface area contributed by atoms with E-state index in [9.17, 15) is 9.59 Å². The standard InChI is InChI=1S/C19H17N3O2S/c1-13-6-2-4-8-15(13)19(24)22-21-17(23)12-25-18-11-10-14-7-3-5-9-16(14)20-18/h2-11H,12H2,1H3,(H,21,23)(H,22,24). The van der Waals surface area contributed by atoms with Crippen molar-refractivity contribution in [3.63, 3.8) is 0 Å². The number of aromatic nitrogens is 1. The van der Waals surface area contributed by atoms with Crippen molar-refractivity contribution in [3.8, 4) is 0 Å². The van der Waals surface area contributed by atoms with Crippen LogP contribution in [0.2, 0.25) is 0 Å². The third-order valence-electron chi connectivity index (χ3n) is 3.63. The van der Waals surface area contributed by atoms with Gasteiger partial charge in [0.2, 0.25) is 5.91 Å². The summed E-state index contributed by atoms with van der Waals surface area (Å²) in [6, 6.07) is 18.9. The fourth-order valence-electron chi connectivity index (χ4n) is 2.32. The van der Waals surface area contributed by atoms with Crippen molar-refractivity contribution in [1.29, 1.82) is 0 Å². The summed E-state index contributed by atoms with van der Waals surface area (Å²) < 4.78 is 0. The van der Waals surface area contributed by atoms with Crippen molar-refractivity contribution in [2.24, 2.45) is 0 Å². The quantitative estimate of drug-likeness (QED) is 0.560. The molecule has 0 saturated heterocycles. The van der Waals surface area contributed by atoms with Gasteiger partial charge in [-0.25, -0.2) is 4.98 Å². The number of rotatable bonds is 4. The molecule has 0 bridgehead atoms. The van der Waals surface area contributed by atoms with Gasteiger partial charge in [0.1, 0.15) is 0 Å². The van der Waals surface area contributed by atoms with Crippen LogP contribution in [0.1, 0.15) is 15.9 Å².